The van der Waals surface area contributed by atoms with E-state index in [2.05, 4.69) is 4.72 Å². The number of rotatable bonds is 4. The van der Waals surface area contributed by atoms with Crippen LogP contribution in [0.25, 0.3) is 0 Å². The standard InChI is InChI=1S/C16H14N2O5S/c1-18-14-7-4-12(8-11(14)9-15(18)19)17-24(22,23)13-5-2-10(3-6-13)16(20)21/h2-8,17H,9H2,1H3,(H,20,21). The van der Waals surface area contributed by atoms with Gasteiger partial charge < -0.3 is 10.0 Å². The van der Waals surface area contributed by atoms with Crippen LogP contribution in [0.4, 0.5) is 11.4 Å². The van der Waals surface area contributed by atoms with E-state index in [1.54, 1.807) is 25.2 Å². The molecule has 24 heavy (non-hydrogen) atoms. The summed E-state index contributed by atoms with van der Waals surface area (Å²) >= 11 is 0. The zero-order valence-corrected chi connectivity index (χ0v) is 13.5. The first-order valence-corrected chi connectivity index (χ1v) is 8.52. The van der Waals surface area contributed by atoms with Crippen LogP contribution in [-0.4, -0.2) is 32.4 Å². The van der Waals surface area contributed by atoms with E-state index in [1.165, 1.54) is 29.2 Å². The maximum atomic E-state index is 12.4. The molecule has 0 bridgehead atoms. The smallest absolute Gasteiger partial charge is 0.335 e. The third-order valence-corrected chi connectivity index (χ3v) is 5.22. The van der Waals surface area contributed by atoms with Crippen molar-refractivity contribution >= 4 is 33.3 Å². The Morgan fingerprint density at radius 1 is 1.17 bits per heavy atom. The fourth-order valence-electron chi connectivity index (χ4n) is 2.52. The zero-order valence-electron chi connectivity index (χ0n) is 12.7. The Kier molecular flexibility index (Phi) is 3.76. The van der Waals surface area contributed by atoms with Crippen LogP contribution >= 0.6 is 0 Å². The normalized spacial score (nSPS) is 13.7. The van der Waals surface area contributed by atoms with Crippen molar-refractivity contribution in [1.82, 2.24) is 0 Å². The zero-order chi connectivity index (χ0) is 17.5. The fraction of sp³-hybridized carbons (Fsp3) is 0.125. The van der Waals surface area contributed by atoms with Crippen LogP contribution in [0.15, 0.2) is 47.4 Å². The molecule has 0 unspecified atom stereocenters. The highest BCUT2D eigenvalue weighted by molar-refractivity contribution is 7.92. The van der Waals surface area contributed by atoms with Crippen LogP contribution < -0.4 is 9.62 Å². The topological polar surface area (TPSA) is 104 Å². The third kappa shape index (κ3) is 2.83. The van der Waals surface area contributed by atoms with Crippen molar-refractivity contribution in [3.63, 3.8) is 0 Å². The van der Waals surface area contributed by atoms with Crippen molar-refractivity contribution in [2.45, 2.75) is 11.3 Å². The molecule has 0 aliphatic carbocycles. The van der Waals surface area contributed by atoms with Crippen molar-refractivity contribution in [2.24, 2.45) is 0 Å². The van der Waals surface area contributed by atoms with Crippen LogP contribution in [0.3, 0.4) is 0 Å². The Morgan fingerprint density at radius 2 is 1.83 bits per heavy atom. The van der Waals surface area contributed by atoms with Gasteiger partial charge in [-0.2, -0.15) is 0 Å². The Labute approximate surface area is 138 Å². The largest absolute Gasteiger partial charge is 0.478 e. The number of anilines is 2. The monoisotopic (exact) mass is 346 g/mol. The van der Waals surface area contributed by atoms with Crippen molar-refractivity contribution in [3.8, 4) is 0 Å². The number of fused-ring (bicyclic) bond motifs is 1. The molecule has 3 rings (SSSR count). The van der Waals surface area contributed by atoms with Crippen LogP contribution in [-0.2, 0) is 21.2 Å². The molecule has 0 saturated carbocycles. The van der Waals surface area contributed by atoms with Crippen molar-refractivity contribution in [3.05, 3.63) is 53.6 Å². The minimum absolute atomic E-state index is 0.00744. The van der Waals surface area contributed by atoms with Gasteiger partial charge in [-0.15, -0.1) is 0 Å². The SMILES string of the molecule is CN1C(=O)Cc2cc(NS(=O)(=O)c3ccc(C(=O)O)cc3)ccc21. The van der Waals surface area contributed by atoms with Gasteiger partial charge in [-0.1, -0.05) is 0 Å². The van der Waals surface area contributed by atoms with E-state index >= 15 is 0 Å². The maximum absolute atomic E-state index is 12.4. The summed E-state index contributed by atoms with van der Waals surface area (Å²) in [5, 5.41) is 8.85. The van der Waals surface area contributed by atoms with Gasteiger partial charge in [0, 0.05) is 18.4 Å². The summed E-state index contributed by atoms with van der Waals surface area (Å²) in [4.78, 5) is 24.0. The maximum Gasteiger partial charge on any atom is 0.335 e. The van der Waals surface area contributed by atoms with Gasteiger partial charge in [-0.3, -0.25) is 9.52 Å². The van der Waals surface area contributed by atoms with Crippen molar-refractivity contribution in [2.75, 3.05) is 16.7 Å². The number of hydrogen-bond acceptors (Lipinski definition) is 4. The van der Waals surface area contributed by atoms with Gasteiger partial charge in [-0.25, -0.2) is 13.2 Å². The number of likely N-dealkylation sites (N-methyl/N-ethyl adjacent to an activating group) is 1. The number of nitrogens with zero attached hydrogens (tertiary/aromatic N) is 1. The number of benzene rings is 2. The molecule has 0 radical (unpaired) electrons. The Morgan fingerprint density at radius 3 is 2.46 bits per heavy atom. The van der Waals surface area contributed by atoms with Gasteiger partial charge in [0.1, 0.15) is 0 Å². The highest BCUT2D eigenvalue weighted by atomic mass is 32.2. The molecule has 0 fully saturated rings. The van der Waals surface area contributed by atoms with E-state index < -0.39 is 16.0 Å². The van der Waals surface area contributed by atoms with E-state index in [0.717, 1.165) is 11.3 Å². The van der Waals surface area contributed by atoms with Crippen LogP contribution in [0.5, 0.6) is 0 Å². The van der Waals surface area contributed by atoms with E-state index in [0.29, 0.717) is 5.69 Å². The molecule has 2 aromatic carbocycles. The van der Waals surface area contributed by atoms with Gasteiger partial charge >= 0.3 is 5.97 Å². The highest BCUT2D eigenvalue weighted by Crippen LogP contribution is 2.30. The summed E-state index contributed by atoms with van der Waals surface area (Å²) in [5.74, 6) is -1.17. The Bertz CT molecular complexity index is 935. The van der Waals surface area contributed by atoms with Gasteiger partial charge in [0.05, 0.1) is 16.9 Å². The predicted molar refractivity (Wildman–Crippen MR) is 87.8 cm³/mol. The first kappa shape index (κ1) is 16.0. The van der Waals surface area contributed by atoms with Crippen LogP contribution in [0.1, 0.15) is 15.9 Å². The lowest BCUT2D eigenvalue weighted by molar-refractivity contribution is -0.117. The average Bonchev–Trinajstić information content (AvgIpc) is 2.81. The van der Waals surface area contributed by atoms with E-state index in [-0.39, 0.29) is 22.8 Å². The van der Waals surface area contributed by atoms with Gasteiger partial charge in [0.25, 0.3) is 10.0 Å². The number of hydrogen-bond donors (Lipinski definition) is 2. The lowest BCUT2D eigenvalue weighted by Crippen LogP contribution is -2.20. The number of aromatic carboxylic acids is 1. The minimum Gasteiger partial charge on any atom is -0.478 e. The van der Waals surface area contributed by atoms with Gasteiger partial charge in [0.15, 0.2) is 0 Å². The molecule has 1 aliphatic rings. The molecule has 0 spiro atoms. The fourth-order valence-corrected chi connectivity index (χ4v) is 3.57. The van der Waals surface area contributed by atoms with E-state index in [4.69, 9.17) is 5.11 Å². The third-order valence-electron chi connectivity index (χ3n) is 3.82. The number of carboxylic acid groups (broad SMARTS) is 1. The summed E-state index contributed by atoms with van der Waals surface area (Å²) in [6, 6.07) is 9.82. The van der Waals surface area contributed by atoms with Crippen molar-refractivity contribution < 1.29 is 23.1 Å². The second-order valence-electron chi connectivity index (χ2n) is 5.41. The number of carboxylic acids is 1. The summed E-state index contributed by atoms with van der Waals surface area (Å²) in [7, 11) is -2.17. The van der Waals surface area contributed by atoms with Gasteiger partial charge in [0.2, 0.25) is 5.91 Å². The molecule has 1 amide bonds. The van der Waals surface area contributed by atoms with Crippen LogP contribution in [0.2, 0.25) is 0 Å². The molecular weight excluding hydrogens is 332 g/mol. The molecule has 2 N–H and O–H groups in total. The summed E-state index contributed by atoms with van der Waals surface area (Å²) in [6.07, 6.45) is 0.231. The second kappa shape index (κ2) is 5.64. The second-order valence-corrected chi connectivity index (χ2v) is 7.09. The molecule has 2 aromatic rings. The number of carbonyl (C=O) groups is 2. The summed E-state index contributed by atoms with van der Waals surface area (Å²) in [5.41, 5.74) is 1.87. The Balaban J connectivity index is 1.86. The highest BCUT2D eigenvalue weighted by Gasteiger charge is 2.24. The molecule has 7 nitrogen and oxygen atoms in total. The number of sulfonamides is 1. The first-order chi connectivity index (χ1) is 11.3. The minimum atomic E-state index is -3.84. The molecule has 124 valence electrons. The average molecular weight is 346 g/mol. The molecular formula is C16H14N2O5S. The molecule has 0 aromatic heterocycles. The predicted octanol–water partition coefficient (Wildman–Crippen LogP) is 1.70. The molecule has 0 atom stereocenters. The lowest BCUT2D eigenvalue weighted by Gasteiger charge is -2.12. The molecule has 0 saturated heterocycles. The molecule has 8 heteroatoms. The number of amides is 1. The Hall–Kier alpha value is -2.87. The molecule has 1 heterocycles. The first-order valence-electron chi connectivity index (χ1n) is 7.03. The number of carbonyl (C=O) groups excluding carboxylic acids is 1. The van der Waals surface area contributed by atoms with Crippen molar-refractivity contribution in [1.29, 1.82) is 0 Å². The lowest BCUT2D eigenvalue weighted by atomic mass is 10.1. The quantitative estimate of drug-likeness (QED) is 0.877. The van der Waals surface area contributed by atoms with Crippen LogP contribution in [0, 0.1) is 0 Å². The molecule has 1 aliphatic heterocycles. The van der Waals surface area contributed by atoms with E-state index in [1.807, 2.05) is 0 Å². The van der Waals surface area contributed by atoms with E-state index in [9.17, 15) is 18.0 Å². The number of nitrogens with one attached hydrogen (secondary N) is 1. The van der Waals surface area contributed by atoms with Gasteiger partial charge in [-0.05, 0) is 48.0 Å². The summed E-state index contributed by atoms with van der Waals surface area (Å²) in [6.45, 7) is 0. The summed E-state index contributed by atoms with van der Waals surface area (Å²) < 4.78 is 27.2.